The lowest BCUT2D eigenvalue weighted by molar-refractivity contribution is -0.137. The van der Waals surface area contributed by atoms with Crippen molar-refractivity contribution in [2.45, 2.75) is 19.4 Å². The quantitative estimate of drug-likeness (QED) is 0.650. The number of urea groups is 1. The molecule has 0 radical (unpaired) electrons. The van der Waals surface area contributed by atoms with Crippen molar-refractivity contribution in [3.8, 4) is 0 Å². The van der Waals surface area contributed by atoms with Crippen LogP contribution in [0.2, 0.25) is 0 Å². The van der Waals surface area contributed by atoms with Crippen molar-refractivity contribution in [3.63, 3.8) is 0 Å². The molecule has 104 valence electrons. The van der Waals surface area contributed by atoms with Gasteiger partial charge >= 0.3 is 12.0 Å². The number of aliphatic carboxylic acids is 1. The average Bonchev–Trinajstić information content (AvgIpc) is 2.35. The zero-order chi connectivity index (χ0) is 14.3. The summed E-state index contributed by atoms with van der Waals surface area (Å²) >= 11 is 6.77. The summed E-state index contributed by atoms with van der Waals surface area (Å²) in [6, 6.07) is 5.40. The second-order valence-electron chi connectivity index (χ2n) is 3.84. The zero-order valence-electron chi connectivity index (χ0n) is 10.1. The number of carboxylic acids is 1. The van der Waals surface area contributed by atoms with Gasteiger partial charge in [-0.25, -0.2) is 4.79 Å². The van der Waals surface area contributed by atoms with Gasteiger partial charge in [-0.15, -0.1) is 0 Å². The Hall–Kier alpha value is -1.08. The summed E-state index contributed by atoms with van der Waals surface area (Å²) in [5, 5.41) is 13.8. The number of nitrogens with one attached hydrogen (secondary N) is 2. The monoisotopic (exact) mass is 392 g/mol. The van der Waals surface area contributed by atoms with Crippen LogP contribution in [0.15, 0.2) is 27.1 Å². The van der Waals surface area contributed by atoms with Crippen molar-refractivity contribution < 1.29 is 14.7 Å². The predicted molar refractivity (Wildman–Crippen MR) is 79.0 cm³/mol. The normalized spacial score (nSPS) is 10.0. The third-order valence-corrected chi connectivity index (χ3v) is 3.57. The van der Waals surface area contributed by atoms with E-state index in [0.29, 0.717) is 19.5 Å². The molecule has 1 rings (SSSR count). The Balaban J connectivity index is 2.30. The van der Waals surface area contributed by atoms with E-state index in [4.69, 9.17) is 5.11 Å². The molecule has 0 bridgehead atoms. The van der Waals surface area contributed by atoms with Crippen LogP contribution in [-0.4, -0.2) is 23.7 Å². The Labute approximate surface area is 128 Å². The van der Waals surface area contributed by atoms with Gasteiger partial charge in [-0.3, -0.25) is 4.79 Å². The molecule has 1 aromatic carbocycles. The fourth-order valence-corrected chi connectivity index (χ4v) is 2.15. The topological polar surface area (TPSA) is 78.4 Å². The molecule has 2 amide bonds. The van der Waals surface area contributed by atoms with Crippen molar-refractivity contribution in [1.29, 1.82) is 0 Å². The van der Waals surface area contributed by atoms with Crippen molar-refractivity contribution >= 4 is 43.9 Å². The molecule has 1 aromatic rings. The number of amides is 2. The van der Waals surface area contributed by atoms with Gasteiger partial charge in [0.2, 0.25) is 0 Å². The maximum absolute atomic E-state index is 11.5. The number of rotatable bonds is 6. The number of hydrogen-bond acceptors (Lipinski definition) is 2. The highest BCUT2D eigenvalue weighted by Crippen LogP contribution is 2.21. The van der Waals surface area contributed by atoms with Gasteiger partial charge in [0, 0.05) is 28.5 Å². The molecule has 3 N–H and O–H groups in total. The van der Waals surface area contributed by atoms with Crippen LogP contribution in [0, 0.1) is 0 Å². The lowest BCUT2D eigenvalue weighted by atomic mass is 10.2. The van der Waals surface area contributed by atoms with Crippen molar-refractivity contribution in [3.05, 3.63) is 32.7 Å². The van der Waals surface area contributed by atoms with Crippen LogP contribution in [-0.2, 0) is 11.3 Å². The van der Waals surface area contributed by atoms with Gasteiger partial charge in [-0.05, 0) is 30.2 Å². The molecule has 0 fully saturated rings. The van der Waals surface area contributed by atoms with Crippen molar-refractivity contribution in [2.75, 3.05) is 6.54 Å². The molecule has 0 saturated carbocycles. The van der Waals surface area contributed by atoms with Gasteiger partial charge in [0.1, 0.15) is 0 Å². The minimum Gasteiger partial charge on any atom is -0.481 e. The maximum atomic E-state index is 11.5. The van der Waals surface area contributed by atoms with E-state index >= 15 is 0 Å². The zero-order valence-corrected chi connectivity index (χ0v) is 13.3. The molecule has 0 aromatic heterocycles. The Bertz CT molecular complexity index is 466. The maximum Gasteiger partial charge on any atom is 0.315 e. The predicted octanol–water partition coefficient (Wildman–Crippen LogP) is 2.88. The van der Waals surface area contributed by atoms with Crippen molar-refractivity contribution in [2.24, 2.45) is 0 Å². The first-order valence-electron chi connectivity index (χ1n) is 5.66. The first-order valence-corrected chi connectivity index (χ1v) is 7.25. The standard InChI is InChI=1S/C12H14Br2N2O3/c13-9-3-4-10(14)8(6-9)7-16-12(19)15-5-1-2-11(17)18/h3-4,6H,1-2,5,7H2,(H,17,18)(H2,15,16,19). The molecular weight excluding hydrogens is 380 g/mol. The van der Waals surface area contributed by atoms with E-state index in [1.165, 1.54) is 0 Å². The molecular formula is C12H14Br2N2O3. The van der Waals surface area contributed by atoms with Gasteiger partial charge in [0.15, 0.2) is 0 Å². The van der Waals surface area contributed by atoms with Crippen LogP contribution in [0.4, 0.5) is 4.79 Å². The number of carbonyl (C=O) groups is 2. The number of hydrogen-bond donors (Lipinski definition) is 3. The van der Waals surface area contributed by atoms with Gasteiger partial charge in [0.25, 0.3) is 0 Å². The van der Waals surface area contributed by atoms with E-state index in [2.05, 4.69) is 42.5 Å². The van der Waals surface area contributed by atoms with E-state index in [-0.39, 0.29) is 12.5 Å². The number of benzene rings is 1. The van der Waals surface area contributed by atoms with E-state index in [1.54, 1.807) is 0 Å². The van der Waals surface area contributed by atoms with Crippen LogP contribution in [0.25, 0.3) is 0 Å². The highest BCUT2D eigenvalue weighted by molar-refractivity contribution is 9.11. The van der Waals surface area contributed by atoms with Gasteiger partial charge < -0.3 is 15.7 Å². The Morgan fingerprint density at radius 3 is 2.63 bits per heavy atom. The lowest BCUT2D eigenvalue weighted by Gasteiger charge is -2.09. The molecule has 0 aliphatic heterocycles. The minimum atomic E-state index is -0.861. The van der Waals surface area contributed by atoms with E-state index < -0.39 is 5.97 Å². The molecule has 0 aliphatic rings. The highest BCUT2D eigenvalue weighted by atomic mass is 79.9. The van der Waals surface area contributed by atoms with Gasteiger partial charge in [0.05, 0.1) is 0 Å². The fourth-order valence-electron chi connectivity index (χ4n) is 1.36. The SMILES string of the molecule is O=C(O)CCCNC(=O)NCc1cc(Br)ccc1Br. The summed E-state index contributed by atoms with van der Waals surface area (Å²) in [6.07, 6.45) is 0.473. The summed E-state index contributed by atoms with van der Waals surface area (Å²) in [5.41, 5.74) is 0.954. The molecule has 0 spiro atoms. The first-order chi connectivity index (χ1) is 8.99. The summed E-state index contributed by atoms with van der Waals surface area (Å²) in [6.45, 7) is 0.739. The van der Waals surface area contributed by atoms with Crippen LogP contribution < -0.4 is 10.6 Å². The van der Waals surface area contributed by atoms with E-state index in [1.807, 2.05) is 18.2 Å². The molecule has 0 aliphatic carbocycles. The molecule has 0 unspecified atom stereocenters. The molecule has 7 heteroatoms. The van der Waals surface area contributed by atoms with Gasteiger partial charge in [-0.1, -0.05) is 31.9 Å². The fraction of sp³-hybridized carbons (Fsp3) is 0.333. The lowest BCUT2D eigenvalue weighted by Crippen LogP contribution is -2.35. The smallest absolute Gasteiger partial charge is 0.315 e. The number of carboxylic acid groups (broad SMARTS) is 1. The van der Waals surface area contributed by atoms with Crippen LogP contribution in [0.3, 0.4) is 0 Å². The second-order valence-corrected chi connectivity index (χ2v) is 5.61. The van der Waals surface area contributed by atoms with Crippen molar-refractivity contribution in [1.82, 2.24) is 10.6 Å². The number of halogens is 2. The summed E-state index contributed by atoms with van der Waals surface area (Å²) in [5.74, 6) is -0.861. The van der Waals surface area contributed by atoms with Crippen LogP contribution in [0.1, 0.15) is 18.4 Å². The highest BCUT2D eigenvalue weighted by Gasteiger charge is 2.04. The Morgan fingerprint density at radius 2 is 1.95 bits per heavy atom. The number of carbonyl (C=O) groups excluding carboxylic acids is 1. The molecule has 0 atom stereocenters. The van der Waals surface area contributed by atoms with Crippen LogP contribution in [0.5, 0.6) is 0 Å². The Morgan fingerprint density at radius 1 is 1.21 bits per heavy atom. The molecule has 0 heterocycles. The molecule has 5 nitrogen and oxygen atoms in total. The largest absolute Gasteiger partial charge is 0.481 e. The third-order valence-electron chi connectivity index (χ3n) is 2.30. The van der Waals surface area contributed by atoms with Crippen LogP contribution >= 0.6 is 31.9 Å². The summed E-state index contributed by atoms with van der Waals surface area (Å²) in [4.78, 5) is 21.7. The summed E-state index contributed by atoms with van der Waals surface area (Å²) in [7, 11) is 0. The van der Waals surface area contributed by atoms with Gasteiger partial charge in [-0.2, -0.15) is 0 Å². The first kappa shape index (κ1) is 16.0. The average molecular weight is 394 g/mol. The Kier molecular flexibility index (Phi) is 6.86. The molecule has 19 heavy (non-hydrogen) atoms. The van der Waals surface area contributed by atoms with E-state index in [9.17, 15) is 9.59 Å². The minimum absolute atomic E-state index is 0.0530. The summed E-state index contributed by atoms with van der Waals surface area (Å²) < 4.78 is 1.86. The van der Waals surface area contributed by atoms with E-state index in [0.717, 1.165) is 14.5 Å². The second kappa shape index (κ2) is 8.16. The molecule has 0 saturated heterocycles. The third kappa shape index (κ3) is 6.58.